The molecule has 1 aromatic rings. The van der Waals surface area contributed by atoms with Gasteiger partial charge in [-0.2, -0.15) is 0 Å². The van der Waals surface area contributed by atoms with Crippen molar-refractivity contribution in [2.24, 2.45) is 5.92 Å². The lowest BCUT2D eigenvalue weighted by Gasteiger charge is -2.36. The fourth-order valence-electron chi connectivity index (χ4n) is 5.01. The Hall–Kier alpha value is -1.79. The maximum Gasteiger partial charge on any atom is 0.410 e. The number of nitrogens with zero attached hydrogens (tertiary/aromatic N) is 2. The zero-order chi connectivity index (χ0) is 22.2. The Labute approximate surface area is 189 Å². The molecule has 4 rings (SSSR count). The number of hydrogen-bond acceptors (Lipinski definition) is 4. The smallest absolute Gasteiger partial charge is 0.410 e. The molecule has 3 aliphatic heterocycles. The molecule has 2 fully saturated rings. The molecule has 170 valence electrons. The number of amides is 2. The number of fused-ring (bicyclic) bond motifs is 1. The van der Waals surface area contributed by atoms with E-state index in [4.69, 9.17) is 21.1 Å². The van der Waals surface area contributed by atoms with Gasteiger partial charge >= 0.3 is 6.09 Å². The first-order valence-electron chi connectivity index (χ1n) is 11.4. The van der Waals surface area contributed by atoms with Crippen LogP contribution in [0.1, 0.15) is 69.2 Å². The van der Waals surface area contributed by atoms with Crippen molar-refractivity contribution in [1.82, 2.24) is 9.80 Å². The van der Waals surface area contributed by atoms with Crippen LogP contribution in [0.3, 0.4) is 0 Å². The lowest BCUT2D eigenvalue weighted by Crippen LogP contribution is -2.42. The number of carbonyl (C=O) groups is 2. The zero-order valence-corrected chi connectivity index (χ0v) is 19.5. The standard InChI is InChI=1S/C24H33ClN2O4/c1-24(2,3)31-23(29)27-9-4-5-21(27)20-14-18(25)13-17-15-26(10-6-19(17)20)22(28)16-7-11-30-12-8-16/h13-14,16,21H,4-12,15H2,1-3H3. The van der Waals surface area contributed by atoms with Crippen LogP contribution in [0.2, 0.25) is 5.02 Å². The van der Waals surface area contributed by atoms with Gasteiger partial charge in [0, 0.05) is 43.8 Å². The largest absolute Gasteiger partial charge is 0.444 e. The third-order valence-electron chi connectivity index (χ3n) is 6.46. The average molecular weight is 449 g/mol. The molecule has 0 bridgehead atoms. The summed E-state index contributed by atoms with van der Waals surface area (Å²) in [5.41, 5.74) is 2.93. The third-order valence-corrected chi connectivity index (χ3v) is 6.67. The molecule has 0 N–H and O–H groups in total. The van der Waals surface area contributed by atoms with Crippen LogP contribution in [0.4, 0.5) is 4.79 Å². The van der Waals surface area contributed by atoms with Crippen molar-refractivity contribution in [1.29, 1.82) is 0 Å². The van der Waals surface area contributed by atoms with Gasteiger partial charge in [0.15, 0.2) is 0 Å². The van der Waals surface area contributed by atoms with E-state index in [0.29, 0.717) is 37.9 Å². The molecule has 1 unspecified atom stereocenters. The number of benzene rings is 1. The molecule has 6 nitrogen and oxygen atoms in total. The number of hydrogen-bond donors (Lipinski definition) is 0. The van der Waals surface area contributed by atoms with E-state index >= 15 is 0 Å². The number of carbonyl (C=O) groups excluding carboxylic acids is 2. The van der Waals surface area contributed by atoms with Gasteiger partial charge in [0.05, 0.1) is 6.04 Å². The molecule has 0 aromatic heterocycles. The molecule has 2 amide bonds. The normalized spacial score (nSPS) is 22.4. The van der Waals surface area contributed by atoms with Gasteiger partial charge in [-0.05, 0) is 81.7 Å². The van der Waals surface area contributed by atoms with Crippen LogP contribution in [-0.2, 0) is 27.2 Å². The van der Waals surface area contributed by atoms with E-state index in [-0.39, 0.29) is 24.0 Å². The Bertz CT molecular complexity index is 845. The van der Waals surface area contributed by atoms with Crippen LogP contribution in [0, 0.1) is 5.92 Å². The highest BCUT2D eigenvalue weighted by atomic mass is 35.5. The second kappa shape index (κ2) is 8.99. The summed E-state index contributed by atoms with van der Waals surface area (Å²) in [6.45, 7) is 8.98. The van der Waals surface area contributed by atoms with Crippen LogP contribution in [0.5, 0.6) is 0 Å². The summed E-state index contributed by atoms with van der Waals surface area (Å²) in [6.07, 6.45) is 3.97. The minimum atomic E-state index is -0.525. The second-order valence-corrected chi connectivity index (χ2v) is 10.3. The summed E-state index contributed by atoms with van der Waals surface area (Å²) >= 11 is 6.52. The van der Waals surface area contributed by atoms with Crippen LogP contribution in [-0.4, -0.2) is 53.7 Å². The van der Waals surface area contributed by atoms with Crippen molar-refractivity contribution >= 4 is 23.6 Å². The highest BCUT2D eigenvalue weighted by Crippen LogP contribution is 2.39. The Balaban J connectivity index is 1.55. The number of halogens is 1. The fraction of sp³-hybridized carbons (Fsp3) is 0.667. The highest BCUT2D eigenvalue weighted by molar-refractivity contribution is 6.30. The monoisotopic (exact) mass is 448 g/mol. The lowest BCUT2D eigenvalue weighted by molar-refractivity contribution is -0.139. The molecule has 0 radical (unpaired) electrons. The first-order chi connectivity index (χ1) is 14.7. The second-order valence-electron chi connectivity index (χ2n) is 9.86. The fourth-order valence-corrected chi connectivity index (χ4v) is 5.26. The van der Waals surface area contributed by atoms with E-state index in [1.165, 1.54) is 5.56 Å². The highest BCUT2D eigenvalue weighted by Gasteiger charge is 2.36. The molecular weight excluding hydrogens is 416 g/mol. The van der Waals surface area contributed by atoms with Gasteiger partial charge in [0.1, 0.15) is 5.60 Å². The van der Waals surface area contributed by atoms with Crippen LogP contribution in [0.25, 0.3) is 0 Å². The van der Waals surface area contributed by atoms with Crippen molar-refractivity contribution in [3.05, 3.63) is 33.8 Å². The Morgan fingerprint density at radius 1 is 1.13 bits per heavy atom. The third kappa shape index (κ3) is 5.01. The van der Waals surface area contributed by atoms with E-state index in [0.717, 1.165) is 43.2 Å². The molecule has 31 heavy (non-hydrogen) atoms. The molecule has 0 spiro atoms. The molecule has 0 aliphatic carbocycles. The van der Waals surface area contributed by atoms with E-state index in [1.54, 1.807) is 0 Å². The predicted octanol–water partition coefficient (Wildman–Crippen LogP) is 4.72. The zero-order valence-electron chi connectivity index (χ0n) is 18.8. The SMILES string of the molecule is CC(C)(C)OC(=O)N1CCCC1c1cc(Cl)cc2c1CCN(C(=O)C1CCOCC1)C2. The molecule has 7 heteroatoms. The van der Waals surface area contributed by atoms with Crippen molar-refractivity contribution in [2.75, 3.05) is 26.3 Å². The summed E-state index contributed by atoms with van der Waals surface area (Å²) < 4.78 is 11.1. The molecule has 1 aromatic carbocycles. The predicted molar refractivity (Wildman–Crippen MR) is 119 cm³/mol. The van der Waals surface area contributed by atoms with Crippen LogP contribution < -0.4 is 0 Å². The van der Waals surface area contributed by atoms with Gasteiger partial charge in [0.25, 0.3) is 0 Å². The molecule has 1 atom stereocenters. The topological polar surface area (TPSA) is 59.1 Å². The molecule has 0 saturated carbocycles. The number of likely N-dealkylation sites (tertiary alicyclic amines) is 1. The minimum absolute atomic E-state index is 0.0277. The molecule has 3 aliphatic rings. The molecule has 2 saturated heterocycles. The van der Waals surface area contributed by atoms with Crippen LogP contribution >= 0.6 is 11.6 Å². The van der Waals surface area contributed by atoms with E-state index in [2.05, 4.69) is 0 Å². The summed E-state index contributed by atoms with van der Waals surface area (Å²) in [5, 5.41) is 0.658. The molecule has 3 heterocycles. The first-order valence-corrected chi connectivity index (χ1v) is 11.8. The van der Waals surface area contributed by atoms with Crippen molar-refractivity contribution < 1.29 is 19.1 Å². The lowest BCUT2D eigenvalue weighted by atomic mass is 9.89. The van der Waals surface area contributed by atoms with E-state index in [9.17, 15) is 9.59 Å². The van der Waals surface area contributed by atoms with Gasteiger partial charge in [-0.3, -0.25) is 4.79 Å². The van der Waals surface area contributed by atoms with Crippen molar-refractivity contribution in [3.8, 4) is 0 Å². The first kappa shape index (κ1) is 22.4. The van der Waals surface area contributed by atoms with Gasteiger partial charge in [-0.1, -0.05) is 11.6 Å². The minimum Gasteiger partial charge on any atom is -0.444 e. The maximum atomic E-state index is 13.0. The average Bonchev–Trinajstić information content (AvgIpc) is 3.21. The summed E-state index contributed by atoms with van der Waals surface area (Å²) in [7, 11) is 0. The van der Waals surface area contributed by atoms with E-state index < -0.39 is 5.60 Å². The Morgan fingerprint density at radius 3 is 2.58 bits per heavy atom. The maximum absolute atomic E-state index is 13.0. The summed E-state index contributed by atoms with van der Waals surface area (Å²) in [6, 6.07) is 3.96. The summed E-state index contributed by atoms with van der Waals surface area (Å²) in [4.78, 5) is 29.7. The number of rotatable bonds is 2. The van der Waals surface area contributed by atoms with Gasteiger partial charge in [-0.25, -0.2) is 4.79 Å². The van der Waals surface area contributed by atoms with Gasteiger partial charge < -0.3 is 19.3 Å². The quantitative estimate of drug-likeness (QED) is 0.656. The summed E-state index contributed by atoms with van der Waals surface area (Å²) in [5.74, 6) is 0.290. The van der Waals surface area contributed by atoms with Gasteiger partial charge in [0.2, 0.25) is 5.91 Å². The van der Waals surface area contributed by atoms with Crippen LogP contribution in [0.15, 0.2) is 12.1 Å². The van der Waals surface area contributed by atoms with Gasteiger partial charge in [-0.15, -0.1) is 0 Å². The number of ether oxygens (including phenoxy) is 2. The molecular formula is C24H33ClN2O4. The van der Waals surface area contributed by atoms with Crippen molar-refractivity contribution in [2.45, 2.75) is 71.1 Å². The van der Waals surface area contributed by atoms with Crippen molar-refractivity contribution in [3.63, 3.8) is 0 Å². The van der Waals surface area contributed by atoms with E-state index in [1.807, 2.05) is 42.7 Å². The Morgan fingerprint density at radius 2 is 1.87 bits per heavy atom. The Kier molecular flexibility index (Phi) is 6.50.